The van der Waals surface area contributed by atoms with E-state index in [0.29, 0.717) is 6.54 Å². The summed E-state index contributed by atoms with van der Waals surface area (Å²) in [6.07, 6.45) is 5.58. The fourth-order valence-electron chi connectivity index (χ4n) is 3.41. The van der Waals surface area contributed by atoms with Gasteiger partial charge >= 0.3 is 0 Å². The third-order valence-corrected chi connectivity index (χ3v) is 6.23. The molecule has 2 heterocycles. The quantitative estimate of drug-likeness (QED) is 0.463. The number of nitrogens with zero attached hydrogens (tertiary/aromatic N) is 3. The molecule has 0 fully saturated rings. The molecular weight excluding hydrogens is 408 g/mol. The Kier molecular flexibility index (Phi) is 6.43. The predicted molar refractivity (Wildman–Crippen MR) is 123 cm³/mol. The zero-order valence-electron chi connectivity index (χ0n) is 17.3. The van der Waals surface area contributed by atoms with Crippen molar-refractivity contribution in [3.05, 3.63) is 102 Å². The average Bonchev–Trinajstić information content (AvgIpc) is 3.43. The maximum atomic E-state index is 12.8. The number of amides is 1. The van der Waals surface area contributed by atoms with E-state index in [-0.39, 0.29) is 17.4 Å². The van der Waals surface area contributed by atoms with Crippen LogP contribution in [0.3, 0.4) is 0 Å². The van der Waals surface area contributed by atoms with Crippen LogP contribution in [-0.4, -0.2) is 30.2 Å². The van der Waals surface area contributed by atoms with Crippen molar-refractivity contribution < 1.29 is 9.00 Å². The van der Waals surface area contributed by atoms with E-state index in [9.17, 15) is 9.00 Å². The van der Waals surface area contributed by atoms with Gasteiger partial charge in [0.25, 0.3) is 0 Å². The van der Waals surface area contributed by atoms with Crippen LogP contribution in [0.25, 0.3) is 11.5 Å². The number of benzene rings is 2. The Morgan fingerprint density at radius 1 is 0.968 bits per heavy atom. The van der Waals surface area contributed by atoms with Crippen LogP contribution in [0.5, 0.6) is 0 Å². The topological polar surface area (TPSA) is 68.9 Å². The van der Waals surface area contributed by atoms with Crippen molar-refractivity contribution in [2.45, 2.75) is 19.2 Å². The van der Waals surface area contributed by atoms with E-state index >= 15 is 0 Å². The Labute approximate surface area is 184 Å². The number of hydrogen-bond donors (Lipinski definition) is 1. The molecule has 1 unspecified atom stereocenters. The van der Waals surface area contributed by atoms with Crippen LogP contribution in [-0.2, 0) is 27.9 Å². The summed E-state index contributed by atoms with van der Waals surface area (Å²) in [5.41, 5.74) is 3.92. The number of carbonyl (C=O) groups excluding carboxylic acids is 1. The standard InChI is InChI=1S/C24H24N4O2S/c1-19-9-5-6-10-20(19)15-25-23(29)18-31(30)17-21-16-26-28(22-11-3-2-4-12-22)24(21)27-13-7-8-14-27/h2-14,16H,15,17-18H2,1H3,(H,25,29). The lowest BCUT2D eigenvalue weighted by Gasteiger charge is -2.11. The molecule has 1 amide bonds. The van der Waals surface area contributed by atoms with Gasteiger partial charge in [-0.05, 0) is 42.3 Å². The molecule has 1 atom stereocenters. The monoisotopic (exact) mass is 432 g/mol. The van der Waals surface area contributed by atoms with E-state index in [2.05, 4.69) is 10.4 Å². The van der Waals surface area contributed by atoms with Gasteiger partial charge in [0.05, 0.1) is 17.6 Å². The summed E-state index contributed by atoms with van der Waals surface area (Å²) in [6.45, 7) is 2.44. The van der Waals surface area contributed by atoms with Crippen LogP contribution in [0.2, 0.25) is 0 Å². The molecule has 2 aromatic heterocycles. The van der Waals surface area contributed by atoms with Crippen molar-refractivity contribution in [1.82, 2.24) is 19.7 Å². The summed E-state index contributed by atoms with van der Waals surface area (Å²) < 4.78 is 16.5. The van der Waals surface area contributed by atoms with Crippen molar-refractivity contribution in [2.75, 3.05) is 5.75 Å². The molecule has 0 radical (unpaired) electrons. The van der Waals surface area contributed by atoms with Gasteiger partial charge in [0.15, 0.2) is 0 Å². The largest absolute Gasteiger partial charge is 0.351 e. The Balaban J connectivity index is 1.46. The number of hydrogen-bond acceptors (Lipinski definition) is 3. The summed E-state index contributed by atoms with van der Waals surface area (Å²) in [7, 11) is -1.36. The smallest absolute Gasteiger partial charge is 0.232 e. The molecule has 2 aromatic carbocycles. The van der Waals surface area contributed by atoms with Crippen LogP contribution < -0.4 is 5.32 Å². The SMILES string of the molecule is Cc1ccccc1CNC(=O)CS(=O)Cc1cnn(-c2ccccc2)c1-n1cccc1. The lowest BCUT2D eigenvalue weighted by Crippen LogP contribution is -2.28. The molecule has 1 N–H and O–H groups in total. The van der Waals surface area contributed by atoms with Crippen LogP contribution in [0.4, 0.5) is 0 Å². The van der Waals surface area contributed by atoms with Gasteiger partial charge in [0, 0.05) is 35.3 Å². The lowest BCUT2D eigenvalue weighted by atomic mass is 10.1. The molecule has 0 aliphatic carbocycles. The molecule has 7 heteroatoms. The third kappa shape index (κ3) is 5.00. The molecule has 0 saturated carbocycles. The highest BCUT2D eigenvalue weighted by atomic mass is 32.2. The molecular formula is C24H24N4O2S. The maximum Gasteiger partial charge on any atom is 0.232 e. The molecule has 4 rings (SSSR count). The molecule has 0 aliphatic heterocycles. The summed E-state index contributed by atoms with van der Waals surface area (Å²) in [4.78, 5) is 12.3. The normalized spacial score (nSPS) is 11.9. The number of carbonyl (C=O) groups is 1. The van der Waals surface area contributed by atoms with Gasteiger partial charge in [-0.2, -0.15) is 5.10 Å². The molecule has 6 nitrogen and oxygen atoms in total. The van der Waals surface area contributed by atoms with Gasteiger partial charge in [-0.15, -0.1) is 0 Å². The molecule has 0 spiro atoms. The van der Waals surface area contributed by atoms with Gasteiger partial charge in [0.2, 0.25) is 5.91 Å². The third-order valence-electron chi connectivity index (χ3n) is 5.01. The van der Waals surface area contributed by atoms with Crippen molar-refractivity contribution in [2.24, 2.45) is 0 Å². The molecule has 4 aromatic rings. The number of aryl methyl sites for hydroxylation is 1. The van der Waals surface area contributed by atoms with Crippen molar-refractivity contribution >= 4 is 16.7 Å². The summed E-state index contributed by atoms with van der Waals surface area (Å²) in [5.74, 6) is 0.801. The second-order valence-electron chi connectivity index (χ2n) is 7.26. The van der Waals surface area contributed by atoms with Crippen LogP contribution >= 0.6 is 0 Å². The minimum atomic E-state index is -1.36. The van der Waals surface area contributed by atoms with Gasteiger partial charge in [-0.3, -0.25) is 9.00 Å². The summed E-state index contributed by atoms with van der Waals surface area (Å²) >= 11 is 0. The highest BCUT2D eigenvalue weighted by molar-refractivity contribution is 7.84. The Hall–Kier alpha value is -3.45. The Morgan fingerprint density at radius 2 is 1.68 bits per heavy atom. The molecule has 0 saturated heterocycles. The Morgan fingerprint density at radius 3 is 2.42 bits per heavy atom. The van der Waals surface area contributed by atoms with Crippen LogP contribution in [0.1, 0.15) is 16.7 Å². The fourth-order valence-corrected chi connectivity index (χ4v) is 4.46. The molecule has 31 heavy (non-hydrogen) atoms. The highest BCUT2D eigenvalue weighted by Gasteiger charge is 2.17. The predicted octanol–water partition coefficient (Wildman–Crippen LogP) is 3.54. The van der Waals surface area contributed by atoms with Gasteiger partial charge in [0.1, 0.15) is 11.6 Å². The maximum absolute atomic E-state index is 12.8. The van der Waals surface area contributed by atoms with Crippen molar-refractivity contribution in [3.63, 3.8) is 0 Å². The van der Waals surface area contributed by atoms with Crippen LogP contribution in [0, 0.1) is 6.92 Å². The molecule has 0 bridgehead atoms. The highest BCUT2D eigenvalue weighted by Crippen LogP contribution is 2.21. The van der Waals surface area contributed by atoms with Gasteiger partial charge in [-0.1, -0.05) is 42.5 Å². The first-order valence-electron chi connectivity index (χ1n) is 10.0. The second kappa shape index (κ2) is 9.57. The molecule has 158 valence electrons. The molecule has 0 aliphatic rings. The number of aromatic nitrogens is 3. The minimum Gasteiger partial charge on any atom is -0.351 e. The summed E-state index contributed by atoms with van der Waals surface area (Å²) in [6, 6.07) is 21.6. The van der Waals surface area contributed by atoms with E-state index in [0.717, 1.165) is 28.2 Å². The van der Waals surface area contributed by atoms with Gasteiger partial charge < -0.3 is 9.88 Å². The second-order valence-corrected chi connectivity index (χ2v) is 8.72. The zero-order chi connectivity index (χ0) is 21.6. The van der Waals surface area contributed by atoms with Gasteiger partial charge in [-0.25, -0.2) is 4.68 Å². The summed E-state index contributed by atoms with van der Waals surface area (Å²) in [5, 5.41) is 7.39. The van der Waals surface area contributed by atoms with E-state index in [1.165, 1.54) is 0 Å². The lowest BCUT2D eigenvalue weighted by molar-refractivity contribution is -0.118. The van der Waals surface area contributed by atoms with E-state index in [1.807, 2.05) is 95.3 Å². The number of nitrogens with one attached hydrogen (secondary N) is 1. The first-order chi connectivity index (χ1) is 15.1. The van der Waals surface area contributed by atoms with Crippen LogP contribution in [0.15, 0.2) is 85.3 Å². The Bertz CT molecular complexity index is 1180. The number of para-hydroxylation sites is 1. The van der Waals surface area contributed by atoms with E-state index in [4.69, 9.17) is 0 Å². The van der Waals surface area contributed by atoms with E-state index < -0.39 is 10.8 Å². The first-order valence-corrected chi connectivity index (χ1v) is 11.5. The first kappa shape index (κ1) is 20.8. The minimum absolute atomic E-state index is 0.0481. The average molecular weight is 433 g/mol. The van der Waals surface area contributed by atoms with Crippen molar-refractivity contribution in [1.29, 1.82) is 0 Å². The zero-order valence-corrected chi connectivity index (χ0v) is 18.1. The van der Waals surface area contributed by atoms with Crippen molar-refractivity contribution in [3.8, 4) is 11.5 Å². The van der Waals surface area contributed by atoms with E-state index in [1.54, 1.807) is 6.20 Å². The fraction of sp³-hybridized carbons (Fsp3) is 0.167. The number of rotatable bonds is 8.